The number of aromatic nitrogens is 3. The number of methoxy groups -OCH3 is 2. The highest BCUT2D eigenvalue weighted by Crippen LogP contribution is 2.27. The molecule has 3 rings (SSSR count). The van der Waals surface area contributed by atoms with Crippen molar-refractivity contribution in [3.8, 4) is 17.2 Å². The normalized spacial score (nSPS) is 10.5. The molecule has 2 aromatic carbocycles. The third kappa shape index (κ3) is 5.21. The molecule has 0 aliphatic carbocycles. The second-order valence-electron chi connectivity index (χ2n) is 6.18. The van der Waals surface area contributed by atoms with E-state index in [2.05, 4.69) is 16.8 Å². The van der Waals surface area contributed by atoms with Gasteiger partial charge >= 0.3 is 0 Å². The van der Waals surface area contributed by atoms with Gasteiger partial charge in [0.05, 0.1) is 20.0 Å². The van der Waals surface area contributed by atoms with Gasteiger partial charge in [-0.25, -0.2) is 0 Å². The van der Waals surface area contributed by atoms with Gasteiger partial charge in [-0.3, -0.25) is 9.36 Å². The molecule has 0 aliphatic rings. The number of allylic oxidation sites excluding steroid dienone is 1. The van der Waals surface area contributed by atoms with E-state index in [1.54, 1.807) is 44.6 Å². The summed E-state index contributed by atoms with van der Waals surface area (Å²) >= 11 is 1.33. The van der Waals surface area contributed by atoms with Gasteiger partial charge in [-0.15, -0.1) is 16.8 Å². The van der Waals surface area contributed by atoms with Crippen LogP contribution < -0.4 is 14.2 Å². The van der Waals surface area contributed by atoms with Gasteiger partial charge in [-0.05, 0) is 36.4 Å². The number of hydrogen-bond donors (Lipinski definition) is 0. The van der Waals surface area contributed by atoms with E-state index in [1.807, 2.05) is 28.8 Å². The van der Waals surface area contributed by atoms with Gasteiger partial charge in [0.2, 0.25) is 0 Å². The SMILES string of the molecule is C=CCn1c(COc2ccccc2OC)nnc1SCC(=O)c1ccc(OC)cc1. The number of nitrogens with zero attached hydrogens (tertiary/aromatic N) is 3. The maximum Gasteiger partial charge on any atom is 0.192 e. The fourth-order valence-corrected chi connectivity index (χ4v) is 3.58. The van der Waals surface area contributed by atoms with E-state index in [-0.39, 0.29) is 18.1 Å². The van der Waals surface area contributed by atoms with Crippen molar-refractivity contribution >= 4 is 17.5 Å². The Morgan fingerprint density at radius 3 is 2.47 bits per heavy atom. The number of hydrogen-bond acceptors (Lipinski definition) is 7. The van der Waals surface area contributed by atoms with Crippen LogP contribution in [0.4, 0.5) is 0 Å². The molecule has 0 radical (unpaired) electrons. The lowest BCUT2D eigenvalue weighted by Gasteiger charge is -2.11. The highest BCUT2D eigenvalue weighted by atomic mass is 32.2. The summed E-state index contributed by atoms with van der Waals surface area (Å²) in [6, 6.07) is 14.5. The Balaban J connectivity index is 1.67. The average Bonchev–Trinajstić information content (AvgIpc) is 3.18. The van der Waals surface area contributed by atoms with Crippen LogP contribution in [-0.2, 0) is 13.2 Å². The van der Waals surface area contributed by atoms with E-state index >= 15 is 0 Å². The first kappa shape index (κ1) is 21.4. The van der Waals surface area contributed by atoms with Crippen LogP contribution in [0.25, 0.3) is 0 Å². The Morgan fingerprint density at radius 1 is 1.07 bits per heavy atom. The second kappa shape index (κ2) is 10.5. The molecule has 0 bridgehead atoms. The third-order valence-electron chi connectivity index (χ3n) is 4.28. The number of benzene rings is 2. The first-order valence-electron chi connectivity index (χ1n) is 9.25. The Bertz CT molecular complexity index is 1000. The van der Waals surface area contributed by atoms with Crippen LogP contribution in [0.5, 0.6) is 17.2 Å². The van der Waals surface area contributed by atoms with Crippen LogP contribution in [0.3, 0.4) is 0 Å². The average molecular weight is 426 g/mol. The second-order valence-corrected chi connectivity index (χ2v) is 7.12. The highest BCUT2D eigenvalue weighted by Gasteiger charge is 2.15. The minimum absolute atomic E-state index is 0.00243. The number of ether oxygens (including phenoxy) is 3. The summed E-state index contributed by atoms with van der Waals surface area (Å²) in [6.07, 6.45) is 1.76. The molecule has 0 unspecified atom stereocenters. The van der Waals surface area contributed by atoms with Crippen LogP contribution in [0.15, 0.2) is 66.3 Å². The van der Waals surface area contributed by atoms with E-state index in [4.69, 9.17) is 14.2 Å². The van der Waals surface area contributed by atoms with Crippen molar-refractivity contribution in [2.45, 2.75) is 18.3 Å². The smallest absolute Gasteiger partial charge is 0.192 e. The number of thioether (sulfide) groups is 1. The van der Waals surface area contributed by atoms with E-state index in [9.17, 15) is 4.79 Å². The van der Waals surface area contributed by atoms with Crippen molar-refractivity contribution in [2.75, 3.05) is 20.0 Å². The van der Waals surface area contributed by atoms with E-state index < -0.39 is 0 Å². The van der Waals surface area contributed by atoms with Crippen molar-refractivity contribution in [1.29, 1.82) is 0 Å². The Labute approximate surface area is 179 Å². The molecule has 0 N–H and O–H groups in total. The summed E-state index contributed by atoms with van der Waals surface area (Å²) < 4.78 is 18.2. The van der Waals surface area contributed by atoms with Crippen LogP contribution >= 0.6 is 11.8 Å². The summed E-state index contributed by atoms with van der Waals surface area (Å²) in [7, 11) is 3.19. The molecule has 0 amide bonds. The number of ketones is 1. The van der Waals surface area contributed by atoms with Gasteiger partial charge in [-0.1, -0.05) is 30.0 Å². The molecule has 1 heterocycles. The molecular formula is C22H23N3O4S. The highest BCUT2D eigenvalue weighted by molar-refractivity contribution is 7.99. The van der Waals surface area contributed by atoms with Gasteiger partial charge < -0.3 is 14.2 Å². The van der Waals surface area contributed by atoms with Gasteiger partial charge in [0, 0.05) is 12.1 Å². The van der Waals surface area contributed by atoms with Gasteiger partial charge in [-0.2, -0.15) is 0 Å². The van der Waals surface area contributed by atoms with Crippen molar-refractivity contribution in [1.82, 2.24) is 14.8 Å². The fraction of sp³-hybridized carbons (Fsp3) is 0.227. The monoisotopic (exact) mass is 425 g/mol. The lowest BCUT2D eigenvalue weighted by molar-refractivity contribution is 0.102. The van der Waals surface area contributed by atoms with E-state index in [0.717, 1.165) is 0 Å². The third-order valence-corrected chi connectivity index (χ3v) is 5.24. The Morgan fingerprint density at radius 2 is 1.80 bits per heavy atom. The van der Waals surface area contributed by atoms with Crippen LogP contribution in [0, 0.1) is 0 Å². The summed E-state index contributed by atoms with van der Waals surface area (Å²) in [6.45, 7) is 4.52. The van der Waals surface area contributed by atoms with Crippen molar-refractivity contribution in [3.05, 3.63) is 72.6 Å². The quantitative estimate of drug-likeness (QED) is 0.261. The van der Waals surface area contributed by atoms with Crippen molar-refractivity contribution in [2.24, 2.45) is 0 Å². The zero-order valence-corrected chi connectivity index (χ0v) is 17.7. The molecule has 0 saturated heterocycles. The lowest BCUT2D eigenvalue weighted by Crippen LogP contribution is -2.09. The Kier molecular flexibility index (Phi) is 7.51. The largest absolute Gasteiger partial charge is 0.497 e. The maximum atomic E-state index is 12.5. The maximum absolute atomic E-state index is 12.5. The molecule has 156 valence electrons. The standard InChI is InChI=1S/C22H23N3O4S/c1-4-13-25-21(14-29-20-8-6-5-7-19(20)28-3)23-24-22(25)30-15-18(26)16-9-11-17(27-2)12-10-16/h4-12H,1,13-15H2,2-3H3. The van der Waals surface area contributed by atoms with E-state index in [1.165, 1.54) is 11.8 Å². The lowest BCUT2D eigenvalue weighted by atomic mass is 10.1. The topological polar surface area (TPSA) is 75.5 Å². The molecular weight excluding hydrogens is 402 g/mol. The number of Topliss-reactive ketones (excluding diaryl/α,β-unsaturated/α-hetero) is 1. The molecule has 8 heteroatoms. The van der Waals surface area contributed by atoms with Gasteiger partial charge in [0.25, 0.3) is 0 Å². The molecule has 0 spiro atoms. The number of rotatable bonds is 11. The number of carbonyl (C=O) groups excluding carboxylic acids is 1. The summed E-state index contributed by atoms with van der Waals surface area (Å²) in [5, 5.41) is 9.09. The summed E-state index contributed by atoms with van der Waals surface area (Å²) in [4.78, 5) is 12.5. The van der Waals surface area contributed by atoms with Crippen LogP contribution in [0.2, 0.25) is 0 Å². The molecule has 0 aliphatic heterocycles. The van der Waals surface area contributed by atoms with Crippen LogP contribution in [0.1, 0.15) is 16.2 Å². The predicted octanol–water partition coefficient (Wildman–Crippen LogP) is 4.04. The summed E-state index contributed by atoms with van der Waals surface area (Å²) in [5.74, 6) is 2.87. The van der Waals surface area contributed by atoms with Crippen LogP contribution in [-0.4, -0.2) is 40.5 Å². The minimum Gasteiger partial charge on any atom is -0.497 e. The zero-order chi connectivity index (χ0) is 21.3. The first-order chi connectivity index (χ1) is 14.7. The molecule has 30 heavy (non-hydrogen) atoms. The molecule has 0 saturated carbocycles. The van der Waals surface area contributed by atoms with Crippen molar-refractivity contribution in [3.63, 3.8) is 0 Å². The molecule has 7 nitrogen and oxygen atoms in total. The minimum atomic E-state index is 0.00243. The summed E-state index contributed by atoms with van der Waals surface area (Å²) in [5.41, 5.74) is 0.623. The number of carbonyl (C=O) groups is 1. The molecule has 3 aromatic rings. The van der Waals surface area contributed by atoms with Gasteiger partial charge in [0.15, 0.2) is 28.3 Å². The fourth-order valence-electron chi connectivity index (χ4n) is 2.72. The number of para-hydroxylation sites is 2. The Hall–Kier alpha value is -3.26. The predicted molar refractivity (Wildman–Crippen MR) is 116 cm³/mol. The van der Waals surface area contributed by atoms with E-state index in [0.29, 0.717) is 40.3 Å². The molecule has 0 atom stereocenters. The zero-order valence-electron chi connectivity index (χ0n) is 16.9. The first-order valence-corrected chi connectivity index (χ1v) is 10.2. The molecule has 0 fully saturated rings. The van der Waals surface area contributed by atoms with Crippen molar-refractivity contribution < 1.29 is 19.0 Å². The van der Waals surface area contributed by atoms with Gasteiger partial charge in [0.1, 0.15) is 12.4 Å². The molecule has 1 aromatic heterocycles.